The molecular formula is C18H13ClN2O4S. The normalized spacial score (nSPS) is 11.7. The molecule has 1 aromatic heterocycles. The summed E-state index contributed by atoms with van der Waals surface area (Å²) in [6, 6.07) is 12.1. The number of benzene rings is 2. The molecule has 0 unspecified atom stereocenters. The van der Waals surface area contributed by atoms with Gasteiger partial charge in [0.25, 0.3) is 5.69 Å². The lowest BCUT2D eigenvalue weighted by Crippen LogP contribution is -1.96. The Hall–Kier alpha value is -2.77. The molecule has 3 rings (SSSR count). The van der Waals surface area contributed by atoms with Gasteiger partial charge in [-0.2, -0.15) is 0 Å². The number of aromatic nitrogens is 1. The van der Waals surface area contributed by atoms with Crippen LogP contribution in [0.4, 0.5) is 5.69 Å². The van der Waals surface area contributed by atoms with Crippen LogP contribution in [0.2, 0.25) is 5.02 Å². The molecule has 0 atom stereocenters. The lowest BCUT2D eigenvalue weighted by molar-refractivity contribution is -0.384. The number of carbonyl (C=O) groups is 1. The monoisotopic (exact) mass is 388 g/mol. The first-order valence-corrected chi connectivity index (χ1v) is 8.86. The van der Waals surface area contributed by atoms with Crippen LogP contribution in [0.3, 0.4) is 0 Å². The maximum absolute atomic E-state index is 11.1. The summed E-state index contributed by atoms with van der Waals surface area (Å²) in [7, 11) is 0. The average Bonchev–Trinajstić information content (AvgIpc) is 3.03. The van der Waals surface area contributed by atoms with E-state index in [0.29, 0.717) is 16.1 Å². The molecule has 0 aliphatic carbocycles. The molecule has 26 heavy (non-hydrogen) atoms. The van der Waals surface area contributed by atoms with E-state index in [-0.39, 0.29) is 23.6 Å². The Balaban J connectivity index is 2.05. The minimum atomic E-state index is -0.918. The highest BCUT2D eigenvalue weighted by Crippen LogP contribution is 2.32. The highest BCUT2D eigenvalue weighted by molar-refractivity contribution is 7.19. The zero-order valence-corrected chi connectivity index (χ0v) is 15.0. The number of rotatable bonds is 6. The van der Waals surface area contributed by atoms with E-state index in [0.717, 1.165) is 10.2 Å². The largest absolute Gasteiger partial charge is 0.481 e. The van der Waals surface area contributed by atoms with Gasteiger partial charge >= 0.3 is 5.97 Å². The Morgan fingerprint density at radius 1 is 1.27 bits per heavy atom. The van der Waals surface area contributed by atoms with Gasteiger partial charge in [-0.25, -0.2) is 4.98 Å². The van der Waals surface area contributed by atoms with Crippen molar-refractivity contribution in [1.29, 1.82) is 0 Å². The first-order valence-electron chi connectivity index (χ1n) is 7.66. The number of nitro groups is 1. The summed E-state index contributed by atoms with van der Waals surface area (Å²) >= 11 is 7.31. The second-order valence-electron chi connectivity index (χ2n) is 5.52. The van der Waals surface area contributed by atoms with Gasteiger partial charge in [0.05, 0.1) is 15.1 Å². The summed E-state index contributed by atoms with van der Waals surface area (Å²) < 4.78 is 0.991. The number of aliphatic carboxylic acids is 1. The van der Waals surface area contributed by atoms with Crippen molar-refractivity contribution >= 4 is 56.5 Å². The molecule has 0 radical (unpaired) electrons. The van der Waals surface area contributed by atoms with Crippen molar-refractivity contribution in [2.75, 3.05) is 0 Å². The standard InChI is InChI=1S/C18H13ClN2O4S/c19-13-7-5-11(10-15(13)21(24)25)9-12(6-8-17(22)23)18-20-14-3-1-2-4-16(14)26-18/h1-5,7,9-10H,6,8H2,(H,22,23). The van der Waals surface area contributed by atoms with Gasteiger partial charge in [-0.1, -0.05) is 29.8 Å². The van der Waals surface area contributed by atoms with Gasteiger partial charge in [-0.05, 0) is 41.8 Å². The maximum Gasteiger partial charge on any atom is 0.303 e. The summed E-state index contributed by atoms with van der Waals surface area (Å²) in [6.45, 7) is 0. The van der Waals surface area contributed by atoms with E-state index < -0.39 is 10.9 Å². The number of hydrogen-bond donors (Lipinski definition) is 1. The van der Waals surface area contributed by atoms with Crippen LogP contribution < -0.4 is 0 Å². The van der Waals surface area contributed by atoms with Crippen LogP contribution in [0.1, 0.15) is 23.4 Å². The maximum atomic E-state index is 11.1. The molecule has 2 aromatic carbocycles. The van der Waals surface area contributed by atoms with Crippen LogP contribution in [-0.2, 0) is 4.79 Å². The number of fused-ring (bicyclic) bond motifs is 1. The highest BCUT2D eigenvalue weighted by atomic mass is 35.5. The second kappa shape index (κ2) is 7.63. The fourth-order valence-corrected chi connectivity index (χ4v) is 3.65. The Morgan fingerprint density at radius 2 is 2.04 bits per heavy atom. The Bertz CT molecular complexity index is 996. The number of hydrogen-bond acceptors (Lipinski definition) is 5. The summed E-state index contributed by atoms with van der Waals surface area (Å²) in [5.41, 5.74) is 1.92. The molecule has 1 heterocycles. The lowest BCUT2D eigenvalue weighted by Gasteiger charge is -2.04. The van der Waals surface area contributed by atoms with Crippen LogP contribution in [-0.4, -0.2) is 21.0 Å². The van der Waals surface area contributed by atoms with Crippen LogP contribution >= 0.6 is 22.9 Å². The number of carboxylic acid groups (broad SMARTS) is 1. The van der Waals surface area contributed by atoms with Gasteiger partial charge in [0, 0.05) is 12.5 Å². The van der Waals surface area contributed by atoms with Crippen LogP contribution in [0.5, 0.6) is 0 Å². The van der Waals surface area contributed by atoms with Gasteiger partial charge in [0.1, 0.15) is 10.0 Å². The molecule has 0 saturated heterocycles. The smallest absolute Gasteiger partial charge is 0.303 e. The molecule has 132 valence electrons. The molecule has 0 aliphatic rings. The Labute approximate surface area is 157 Å². The van der Waals surface area contributed by atoms with Crippen LogP contribution in [0.25, 0.3) is 21.9 Å². The minimum absolute atomic E-state index is 0.0548. The zero-order valence-electron chi connectivity index (χ0n) is 13.4. The third-order valence-corrected chi connectivity index (χ3v) is 5.12. The van der Waals surface area contributed by atoms with Crippen molar-refractivity contribution in [3.05, 3.63) is 68.2 Å². The molecule has 0 aliphatic heterocycles. The molecular weight excluding hydrogens is 376 g/mol. The quantitative estimate of drug-likeness (QED) is 0.459. The van der Waals surface area contributed by atoms with E-state index in [4.69, 9.17) is 16.7 Å². The molecule has 0 spiro atoms. The molecule has 0 amide bonds. The van der Waals surface area contributed by atoms with Gasteiger partial charge in [-0.15, -0.1) is 11.3 Å². The summed E-state index contributed by atoms with van der Waals surface area (Å²) in [4.78, 5) is 26.1. The summed E-state index contributed by atoms with van der Waals surface area (Å²) in [5.74, 6) is -0.918. The molecule has 1 N–H and O–H groups in total. The number of thiazole rings is 1. The van der Waals surface area contributed by atoms with Gasteiger partial charge in [0.2, 0.25) is 0 Å². The number of nitro benzene ring substituents is 1. The van der Waals surface area contributed by atoms with Crippen molar-refractivity contribution in [1.82, 2.24) is 4.98 Å². The third kappa shape index (κ3) is 4.07. The second-order valence-corrected chi connectivity index (χ2v) is 6.96. The van der Waals surface area contributed by atoms with E-state index in [2.05, 4.69) is 4.98 Å². The van der Waals surface area contributed by atoms with E-state index in [1.54, 1.807) is 12.1 Å². The summed E-state index contributed by atoms with van der Waals surface area (Å²) in [6.07, 6.45) is 1.94. The predicted octanol–water partition coefficient (Wildman–Crippen LogP) is 5.26. The first-order chi connectivity index (χ1) is 12.4. The predicted molar refractivity (Wildman–Crippen MR) is 102 cm³/mol. The number of allylic oxidation sites excluding steroid dienone is 1. The molecule has 0 fully saturated rings. The topological polar surface area (TPSA) is 93.3 Å². The van der Waals surface area contributed by atoms with Gasteiger partial charge < -0.3 is 5.11 Å². The fourth-order valence-electron chi connectivity index (χ4n) is 2.45. The van der Waals surface area contributed by atoms with Gasteiger partial charge in [-0.3, -0.25) is 14.9 Å². The number of para-hydroxylation sites is 1. The van der Waals surface area contributed by atoms with Crippen molar-refractivity contribution < 1.29 is 14.8 Å². The minimum Gasteiger partial charge on any atom is -0.481 e. The van der Waals surface area contributed by atoms with Crippen molar-refractivity contribution in [2.45, 2.75) is 12.8 Å². The van der Waals surface area contributed by atoms with Crippen LogP contribution in [0, 0.1) is 10.1 Å². The highest BCUT2D eigenvalue weighted by Gasteiger charge is 2.14. The Morgan fingerprint density at radius 3 is 2.73 bits per heavy atom. The number of halogens is 1. The zero-order chi connectivity index (χ0) is 18.7. The van der Waals surface area contributed by atoms with E-state index in [1.807, 2.05) is 24.3 Å². The molecule has 6 nitrogen and oxygen atoms in total. The van der Waals surface area contributed by atoms with E-state index in [9.17, 15) is 14.9 Å². The van der Waals surface area contributed by atoms with Crippen molar-refractivity contribution in [2.24, 2.45) is 0 Å². The third-order valence-electron chi connectivity index (χ3n) is 3.68. The lowest BCUT2D eigenvalue weighted by atomic mass is 10.1. The molecule has 0 saturated carbocycles. The molecule has 0 bridgehead atoms. The summed E-state index contributed by atoms with van der Waals surface area (Å²) in [5, 5.41) is 20.8. The van der Waals surface area contributed by atoms with Crippen molar-refractivity contribution in [3.63, 3.8) is 0 Å². The molecule has 8 heteroatoms. The average molecular weight is 389 g/mol. The van der Waals surface area contributed by atoms with Crippen molar-refractivity contribution in [3.8, 4) is 0 Å². The van der Waals surface area contributed by atoms with Crippen LogP contribution in [0.15, 0.2) is 42.5 Å². The van der Waals surface area contributed by atoms with E-state index in [1.165, 1.54) is 23.5 Å². The number of nitrogens with zero attached hydrogens (tertiary/aromatic N) is 2. The fraction of sp³-hybridized carbons (Fsp3) is 0.111. The first kappa shape index (κ1) is 18.0. The van der Waals surface area contributed by atoms with E-state index >= 15 is 0 Å². The Kier molecular flexibility index (Phi) is 5.29. The number of carboxylic acids is 1. The SMILES string of the molecule is O=C(O)CCC(=Cc1ccc(Cl)c([N+](=O)[O-])c1)c1nc2ccccc2s1. The molecule has 3 aromatic rings. The van der Waals surface area contributed by atoms with Gasteiger partial charge in [0.15, 0.2) is 0 Å².